The number of nitrogens with two attached hydrogens (primary N) is 1. The molecule has 0 aliphatic rings. The highest BCUT2D eigenvalue weighted by Gasteiger charge is 2.15. The van der Waals surface area contributed by atoms with E-state index < -0.39 is 11.8 Å². The maximum Gasteiger partial charge on any atom is 0.340 e. The molecule has 0 aliphatic heterocycles. The summed E-state index contributed by atoms with van der Waals surface area (Å²) in [5.41, 5.74) is 5.85. The molecular weight excluding hydrogens is 173 g/mol. The smallest absolute Gasteiger partial charge is 0.340 e. The lowest BCUT2D eigenvalue weighted by Crippen LogP contribution is -2.07. The molecule has 1 aromatic rings. The van der Waals surface area contributed by atoms with E-state index in [0.717, 1.165) is 0 Å². The molecule has 2 N–H and O–H groups in total. The summed E-state index contributed by atoms with van der Waals surface area (Å²) in [6.45, 7) is 1.67. The number of aryl methyl sites for hydroxylation is 1. The molecule has 0 heterocycles. The van der Waals surface area contributed by atoms with Crippen LogP contribution in [0.25, 0.3) is 0 Å². The molecule has 0 spiro atoms. The van der Waals surface area contributed by atoms with Crippen molar-refractivity contribution in [1.29, 1.82) is 0 Å². The van der Waals surface area contributed by atoms with Crippen molar-refractivity contribution in [1.82, 2.24) is 0 Å². The van der Waals surface area contributed by atoms with Crippen LogP contribution in [-0.2, 0) is 4.74 Å². The fourth-order valence-corrected chi connectivity index (χ4v) is 0.957. The van der Waals surface area contributed by atoms with E-state index in [1.54, 1.807) is 13.0 Å². The van der Waals surface area contributed by atoms with Gasteiger partial charge in [0, 0.05) is 0 Å². The van der Waals surface area contributed by atoms with Gasteiger partial charge in [0.1, 0.15) is 0 Å². The Balaban J connectivity index is 3.26. The molecule has 0 atom stereocenters. The Hall–Kier alpha value is -1.58. The number of anilines is 1. The average Bonchev–Trinajstić information content (AvgIpc) is 2.13. The molecular formula is C9H10FNO2. The van der Waals surface area contributed by atoms with Gasteiger partial charge in [-0.3, -0.25) is 0 Å². The number of nitrogen functional groups attached to an aromatic ring is 1. The molecule has 0 bridgehead atoms. The summed E-state index contributed by atoms with van der Waals surface area (Å²) in [4.78, 5) is 11.0. The van der Waals surface area contributed by atoms with E-state index in [1.807, 2.05) is 0 Å². The zero-order valence-electron chi connectivity index (χ0n) is 7.43. The van der Waals surface area contributed by atoms with Crippen LogP contribution >= 0.6 is 0 Å². The van der Waals surface area contributed by atoms with Gasteiger partial charge in [-0.05, 0) is 18.6 Å². The fraction of sp³-hybridized carbons (Fsp3) is 0.222. The molecule has 1 aromatic carbocycles. The lowest BCUT2D eigenvalue weighted by Gasteiger charge is -2.05. The van der Waals surface area contributed by atoms with Crippen molar-refractivity contribution in [2.75, 3.05) is 12.8 Å². The molecule has 0 aromatic heterocycles. The predicted octanol–water partition coefficient (Wildman–Crippen LogP) is 1.50. The van der Waals surface area contributed by atoms with Crippen LogP contribution in [0.4, 0.5) is 10.1 Å². The van der Waals surface area contributed by atoms with Crippen LogP contribution in [0, 0.1) is 12.7 Å². The summed E-state index contributed by atoms with van der Waals surface area (Å²) >= 11 is 0. The molecule has 0 unspecified atom stereocenters. The largest absolute Gasteiger partial charge is 0.465 e. The Bertz CT molecular complexity index is 350. The van der Waals surface area contributed by atoms with E-state index in [9.17, 15) is 9.18 Å². The first-order chi connectivity index (χ1) is 6.07. The van der Waals surface area contributed by atoms with Crippen molar-refractivity contribution in [2.45, 2.75) is 6.92 Å². The molecule has 70 valence electrons. The maximum atomic E-state index is 13.3. The summed E-state index contributed by atoms with van der Waals surface area (Å²) in [5.74, 6) is -1.43. The van der Waals surface area contributed by atoms with Crippen molar-refractivity contribution >= 4 is 11.7 Å². The summed E-state index contributed by atoms with van der Waals surface area (Å²) in [6.07, 6.45) is 0. The highest BCUT2D eigenvalue weighted by Crippen LogP contribution is 2.19. The topological polar surface area (TPSA) is 52.3 Å². The van der Waals surface area contributed by atoms with Crippen molar-refractivity contribution < 1.29 is 13.9 Å². The minimum Gasteiger partial charge on any atom is -0.465 e. The number of esters is 1. The molecule has 0 saturated heterocycles. The van der Waals surface area contributed by atoms with Gasteiger partial charge < -0.3 is 10.5 Å². The molecule has 13 heavy (non-hydrogen) atoms. The average molecular weight is 183 g/mol. The number of rotatable bonds is 1. The van der Waals surface area contributed by atoms with Crippen molar-refractivity contribution in [3.05, 3.63) is 29.1 Å². The van der Waals surface area contributed by atoms with E-state index >= 15 is 0 Å². The van der Waals surface area contributed by atoms with Crippen molar-refractivity contribution in [2.24, 2.45) is 0 Å². The zero-order valence-corrected chi connectivity index (χ0v) is 7.43. The van der Waals surface area contributed by atoms with Gasteiger partial charge in [-0.25, -0.2) is 9.18 Å². The van der Waals surface area contributed by atoms with Gasteiger partial charge in [0.2, 0.25) is 0 Å². The number of ether oxygens (including phenoxy) is 1. The van der Waals surface area contributed by atoms with E-state index in [4.69, 9.17) is 5.73 Å². The predicted molar refractivity (Wildman–Crippen MR) is 46.9 cm³/mol. The first kappa shape index (κ1) is 9.51. The van der Waals surface area contributed by atoms with Gasteiger partial charge in [0.25, 0.3) is 0 Å². The fourth-order valence-electron chi connectivity index (χ4n) is 0.957. The Kier molecular flexibility index (Phi) is 2.51. The SMILES string of the molecule is COC(=O)c1ccc(C)c(N)c1F. The van der Waals surface area contributed by atoms with Gasteiger partial charge >= 0.3 is 5.97 Å². The number of methoxy groups -OCH3 is 1. The molecule has 1 rings (SSSR count). The number of hydrogen-bond donors (Lipinski definition) is 1. The summed E-state index contributed by atoms with van der Waals surface area (Å²) in [6, 6.07) is 2.93. The lowest BCUT2D eigenvalue weighted by molar-refractivity contribution is 0.0595. The molecule has 0 radical (unpaired) electrons. The lowest BCUT2D eigenvalue weighted by atomic mass is 10.1. The minimum atomic E-state index is -0.718. The highest BCUT2D eigenvalue weighted by molar-refractivity contribution is 5.91. The van der Waals surface area contributed by atoms with Gasteiger partial charge in [-0.2, -0.15) is 0 Å². The number of benzene rings is 1. The van der Waals surface area contributed by atoms with Crippen molar-refractivity contribution in [3.8, 4) is 0 Å². The third-order valence-electron chi connectivity index (χ3n) is 1.80. The van der Waals surface area contributed by atoms with Crippen LogP contribution in [-0.4, -0.2) is 13.1 Å². The second kappa shape index (κ2) is 3.43. The van der Waals surface area contributed by atoms with Crippen LogP contribution in [0.3, 0.4) is 0 Å². The first-order valence-electron chi connectivity index (χ1n) is 3.70. The van der Waals surface area contributed by atoms with Crippen LogP contribution in [0.5, 0.6) is 0 Å². The molecule has 0 fully saturated rings. The monoisotopic (exact) mass is 183 g/mol. The Morgan fingerprint density at radius 3 is 2.69 bits per heavy atom. The molecule has 0 saturated carbocycles. The third kappa shape index (κ3) is 1.61. The number of carbonyl (C=O) groups excluding carboxylic acids is 1. The standard InChI is InChI=1S/C9H10FNO2/c1-5-3-4-6(9(12)13-2)7(10)8(5)11/h3-4H,11H2,1-2H3. The Morgan fingerprint density at radius 2 is 2.15 bits per heavy atom. The van der Waals surface area contributed by atoms with Crippen LogP contribution in [0.2, 0.25) is 0 Å². The summed E-state index contributed by atoms with van der Waals surface area (Å²) < 4.78 is 17.7. The van der Waals surface area contributed by atoms with Crippen LogP contribution in [0.1, 0.15) is 15.9 Å². The molecule has 3 nitrogen and oxygen atoms in total. The van der Waals surface area contributed by atoms with Gasteiger partial charge in [-0.15, -0.1) is 0 Å². The quantitative estimate of drug-likeness (QED) is 0.530. The van der Waals surface area contributed by atoms with E-state index in [0.29, 0.717) is 5.56 Å². The van der Waals surface area contributed by atoms with Gasteiger partial charge in [0.15, 0.2) is 5.82 Å². The minimum absolute atomic E-state index is 0.0112. The van der Waals surface area contributed by atoms with Crippen molar-refractivity contribution in [3.63, 3.8) is 0 Å². The first-order valence-corrected chi connectivity index (χ1v) is 3.70. The zero-order chi connectivity index (χ0) is 10.0. The summed E-state index contributed by atoms with van der Waals surface area (Å²) in [5, 5.41) is 0. The van der Waals surface area contributed by atoms with Crippen LogP contribution in [0.15, 0.2) is 12.1 Å². The summed E-state index contributed by atoms with van der Waals surface area (Å²) in [7, 11) is 1.19. The number of hydrogen-bond acceptors (Lipinski definition) is 3. The van der Waals surface area contributed by atoms with E-state index in [-0.39, 0.29) is 11.3 Å². The van der Waals surface area contributed by atoms with E-state index in [2.05, 4.69) is 4.74 Å². The second-order valence-corrected chi connectivity index (χ2v) is 2.65. The molecule has 4 heteroatoms. The molecule has 0 amide bonds. The Labute approximate surface area is 75.3 Å². The molecule has 0 aliphatic carbocycles. The van der Waals surface area contributed by atoms with E-state index in [1.165, 1.54) is 13.2 Å². The third-order valence-corrected chi connectivity index (χ3v) is 1.80. The maximum absolute atomic E-state index is 13.3. The van der Waals surface area contributed by atoms with Crippen LogP contribution < -0.4 is 5.73 Å². The van der Waals surface area contributed by atoms with Gasteiger partial charge in [-0.1, -0.05) is 6.07 Å². The Morgan fingerprint density at radius 1 is 1.54 bits per heavy atom. The second-order valence-electron chi connectivity index (χ2n) is 2.65. The highest BCUT2D eigenvalue weighted by atomic mass is 19.1. The normalized spacial score (nSPS) is 9.77. The number of halogens is 1. The number of carbonyl (C=O) groups is 1. The van der Waals surface area contributed by atoms with Gasteiger partial charge in [0.05, 0.1) is 18.4 Å².